The van der Waals surface area contributed by atoms with Gasteiger partial charge in [0.05, 0.1) is 11.8 Å². The average Bonchev–Trinajstić information content (AvgIpc) is 2.86. The molecule has 0 fully saturated rings. The lowest BCUT2D eigenvalue weighted by atomic mass is 10.3. The molecule has 4 nitrogen and oxygen atoms in total. The Morgan fingerprint density at radius 1 is 1.33 bits per heavy atom. The first-order valence-electron chi connectivity index (χ1n) is 6.58. The van der Waals surface area contributed by atoms with Gasteiger partial charge in [0.2, 0.25) is 0 Å². The standard InChI is InChI=1S/C15H14BrN3OS/c1-10-8-21-14-13(10)18-9-19(15(14)20)7-6-17-12-4-2-11(16)3-5-12/h2-5,8-9,17H,6-7H2,1H3. The first kappa shape index (κ1) is 14.3. The summed E-state index contributed by atoms with van der Waals surface area (Å²) in [6, 6.07) is 7.96. The van der Waals surface area contributed by atoms with Gasteiger partial charge in [0.25, 0.3) is 5.56 Å². The van der Waals surface area contributed by atoms with Crippen LogP contribution in [0.4, 0.5) is 5.69 Å². The molecule has 0 saturated heterocycles. The van der Waals surface area contributed by atoms with E-state index in [0.29, 0.717) is 13.1 Å². The second-order valence-corrected chi connectivity index (χ2v) is 6.57. The first-order valence-corrected chi connectivity index (χ1v) is 8.25. The number of nitrogens with zero attached hydrogens (tertiary/aromatic N) is 2. The Morgan fingerprint density at radius 3 is 2.86 bits per heavy atom. The molecule has 108 valence electrons. The highest BCUT2D eigenvalue weighted by Crippen LogP contribution is 2.19. The van der Waals surface area contributed by atoms with Crippen LogP contribution >= 0.6 is 27.3 Å². The number of anilines is 1. The molecule has 21 heavy (non-hydrogen) atoms. The molecule has 0 amide bonds. The lowest BCUT2D eigenvalue weighted by Crippen LogP contribution is -2.23. The molecule has 2 heterocycles. The molecule has 1 N–H and O–H groups in total. The van der Waals surface area contributed by atoms with Crippen molar-refractivity contribution < 1.29 is 0 Å². The number of rotatable bonds is 4. The molecule has 1 aromatic carbocycles. The highest BCUT2D eigenvalue weighted by molar-refractivity contribution is 9.10. The molecule has 6 heteroatoms. The van der Waals surface area contributed by atoms with E-state index in [9.17, 15) is 4.79 Å². The van der Waals surface area contributed by atoms with Gasteiger partial charge in [0.15, 0.2) is 0 Å². The van der Waals surface area contributed by atoms with E-state index >= 15 is 0 Å². The molecule has 0 bridgehead atoms. The van der Waals surface area contributed by atoms with Crippen molar-refractivity contribution in [3.8, 4) is 0 Å². The van der Waals surface area contributed by atoms with Crippen molar-refractivity contribution >= 4 is 43.2 Å². The van der Waals surface area contributed by atoms with Crippen molar-refractivity contribution in [3.63, 3.8) is 0 Å². The predicted molar refractivity (Wildman–Crippen MR) is 91.2 cm³/mol. The Labute approximate surface area is 134 Å². The van der Waals surface area contributed by atoms with Crippen molar-refractivity contribution in [2.45, 2.75) is 13.5 Å². The minimum Gasteiger partial charge on any atom is -0.383 e. The quantitative estimate of drug-likeness (QED) is 0.769. The predicted octanol–water partition coefficient (Wildman–Crippen LogP) is 3.64. The molecule has 2 aromatic heterocycles. The summed E-state index contributed by atoms with van der Waals surface area (Å²) < 4.78 is 3.44. The van der Waals surface area contributed by atoms with Gasteiger partial charge in [-0.1, -0.05) is 15.9 Å². The number of fused-ring (bicyclic) bond motifs is 1. The zero-order valence-electron chi connectivity index (χ0n) is 11.5. The van der Waals surface area contributed by atoms with E-state index in [1.165, 1.54) is 11.3 Å². The summed E-state index contributed by atoms with van der Waals surface area (Å²) in [6.07, 6.45) is 1.63. The number of nitrogens with one attached hydrogen (secondary N) is 1. The van der Waals surface area contributed by atoms with Gasteiger partial charge in [-0.25, -0.2) is 4.98 Å². The van der Waals surface area contributed by atoms with Gasteiger partial charge < -0.3 is 5.32 Å². The maximum atomic E-state index is 12.3. The molecule has 0 aliphatic heterocycles. The molecule has 0 spiro atoms. The van der Waals surface area contributed by atoms with Crippen molar-refractivity contribution in [2.75, 3.05) is 11.9 Å². The minimum atomic E-state index is 0.0377. The SMILES string of the molecule is Cc1csc2c(=O)n(CCNc3ccc(Br)cc3)cnc12. The Bertz CT molecular complexity index is 823. The largest absolute Gasteiger partial charge is 0.383 e. The van der Waals surface area contributed by atoms with Gasteiger partial charge in [-0.05, 0) is 42.1 Å². The molecule has 3 rings (SSSR count). The monoisotopic (exact) mass is 363 g/mol. The number of halogens is 1. The minimum absolute atomic E-state index is 0.0377. The van der Waals surface area contributed by atoms with Crippen LogP contribution < -0.4 is 10.9 Å². The fraction of sp³-hybridized carbons (Fsp3) is 0.200. The Morgan fingerprint density at radius 2 is 2.10 bits per heavy atom. The molecular weight excluding hydrogens is 350 g/mol. The Hall–Kier alpha value is -1.66. The molecule has 0 saturated carbocycles. The van der Waals surface area contributed by atoms with Crippen LogP contribution in [0.3, 0.4) is 0 Å². The Balaban J connectivity index is 1.72. The van der Waals surface area contributed by atoms with E-state index in [4.69, 9.17) is 0 Å². The van der Waals surface area contributed by atoms with Gasteiger partial charge in [0, 0.05) is 23.2 Å². The maximum Gasteiger partial charge on any atom is 0.271 e. The van der Waals surface area contributed by atoms with Crippen LogP contribution in [0.15, 0.2) is 45.2 Å². The van der Waals surface area contributed by atoms with Crippen molar-refractivity contribution in [1.82, 2.24) is 9.55 Å². The van der Waals surface area contributed by atoms with Crippen LogP contribution in [0.25, 0.3) is 10.2 Å². The first-order chi connectivity index (χ1) is 10.1. The third-order valence-corrected chi connectivity index (χ3v) is 4.85. The topological polar surface area (TPSA) is 46.9 Å². The fourth-order valence-corrected chi connectivity index (χ4v) is 3.32. The van der Waals surface area contributed by atoms with E-state index in [-0.39, 0.29) is 5.56 Å². The maximum absolute atomic E-state index is 12.3. The lowest BCUT2D eigenvalue weighted by Gasteiger charge is -2.08. The van der Waals surface area contributed by atoms with Crippen molar-refractivity contribution in [1.29, 1.82) is 0 Å². The Kier molecular flexibility index (Phi) is 4.07. The summed E-state index contributed by atoms with van der Waals surface area (Å²) in [5, 5.41) is 5.27. The second kappa shape index (κ2) is 5.99. The molecular formula is C15H14BrN3OS. The van der Waals surface area contributed by atoms with E-state index in [1.54, 1.807) is 10.9 Å². The molecule has 0 unspecified atom stereocenters. The smallest absolute Gasteiger partial charge is 0.271 e. The molecule has 0 aliphatic rings. The van der Waals surface area contributed by atoms with Crippen LogP contribution in [0, 0.1) is 6.92 Å². The zero-order chi connectivity index (χ0) is 14.8. The van der Waals surface area contributed by atoms with E-state index in [2.05, 4.69) is 26.2 Å². The summed E-state index contributed by atoms with van der Waals surface area (Å²) in [6.45, 7) is 3.25. The molecule has 0 aliphatic carbocycles. The third kappa shape index (κ3) is 3.01. The van der Waals surface area contributed by atoms with Gasteiger partial charge in [-0.15, -0.1) is 11.3 Å². The van der Waals surface area contributed by atoms with Gasteiger partial charge in [0.1, 0.15) is 4.70 Å². The molecule has 0 radical (unpaired) electrons. The van der Waals surface area contributed by atoms with Crippen LogP contribution in [0.1, 0.15) is 5.56 Å². The molecule has 0 atom stereocenters. The summed E-state index contributed by atoms with van der Waals surface area (Å²) in [5.74, 6) is 0. The fourth-order valence-electron chi connectivity index (χ4n) is 2.11. The number of benzene rings is 1. The van der Waals surface area contributed by atoms with E-state index < -0.39 is 0 Å². The number of aryl methyl sites for hydroxylation is 1. The number of hydrogen-bond donors (Lipinski definition) is 1. The highest BCUT2D eigenvalue weighted by Gasteiger charge is 2.07. The zero-order valence-corrected chi connectivity index (χ0v) is 13.9. The summed E-state index contributed by atoms with van der Waals surface area (Å²) in [7, 11) is 0. The third-order valence-electron chi connectivity index (χ3n) is 3.25. The number of aromatic nitrogens is 2. The molecule has 3 aromatic rings. The number of thiophene rings is 1. The summed E-state index contributed by atoms with van der Waals surface area (Å²) >= 11 is 4.87. The van der Waals surface area contributed by atoms with Crippen LogP contribution in [-0.4, -0.2) is 16.1 Å². The van der Waals surface area contributed by atoms with E-state index in [0.717, 1.165) is 25.9 Å². The van der Waals surface area contributed by atoms with Crippen LogP contribution in [-0.2, 0) is 6.54 Å². The second-order valence-electron chi connectivity index (χ2n) is 4.77. The van der Waals surface area contributed by atoms with Gasteiger partial charge in [-0.2, -0.15) is 0 Å². The van der Waals surface area contributed by atoms with Gasteiger partial charge >= 0.3 is 0 Å². The summed E-state index contributed by atoms with van der Waals surface area (Å²) in [5.41, 5.74) is 2.96. The average molecular weight is 364 g/mol. The summed E-state index contributed by atoms with van der Waals surface area (Å²) in [4.78, 5) is 16.7. The van der Waals surface area contributed by atoms with Crippen molar-refractivity contribution in [3.05, 3.63) is 56.4 Å². The normalized spacial score (nSPS) is 11.0. The van der Waals surface area contributed by atoms with Gasteiger partial charge in [-0.3, -0.25) is 9.36 Å². The lowest BCUT2D eigenvalue weighted by molar-refractivity contribution is 0.690. The van der Waals surface area contributed by atoms with Crippen LogP contribution in [0.5, 0.6) is 0 Å². The highest BCUT2D eigenvalue weighted by atomic mass is 79.9. The van der Waals surface area contributed by atoms with Crippen molar-refractivity contribution in [2.24, 2.45) is 0 Å². The van der Waals surface area contributed by atoms with E-state index in [1.807, 2.05) is 36.6 Å². The van der Waals surface area contributed by atoms with Crippen LogP contribution in [0.2, 0.25) is 0 Å². The number of hydrogen-bond acceptors (Lipinski definition) is 4.